The van der Waals surface area contributed by atoms with Crippen molar-refractivity contribution < 1.29 is 18.9 Å². The second-order valence-electron chi connectivity index (χ2n) is 4.96. The molecule has 0 radical (unpaired) electrons. The fraction of sp³-hybridized carbons (Fsp3) is 1.00. The minimum atomic E-state index is 0.165. The zero-order valence-corrected chi connectivity index (χ0v) is 12.3. The second kappa shape index (κ2) is 11.9. The Morgan fingerprint density at radius 2 is 1.33 bits per heavy atom. The molecule has 0 aliphatic heterocycles. The Hall–Kier alpha value is -0.200. The van der Waals surface area contributed by atoms with Gasteiger partial charge in [-0.25, -0.2) is 0 Å². The zero-order valence-electron chi connectivity index (χ0n) is 12.3. The van der Waals surface area contributed by atoms with Gasteiger partial charge in [-0.3, -0.25) is 0 Å². The summed E-state index contributed by atoms with van der Waals surface area (Å²) in [6, 6.07) is 0. The topological polar surface area (TPSA) is 49.0 Å². The minimum absolute atomic E-state index is 0.165. The van der Waals surface area contributed by atoms with Crippen LogP contribution in [-0.2, 0) is 18.9 Å². The molecule has 0 amide bonds. The summed E-state index contributed by atoms with van der Waals surface area (Å²) in [6.45, 7) is 9.74. The largest absolute Gasteiger partial charge is 0.382 e. The van der Waals surface area contributed by atoms with E-state index < -0.39 is 0 Å². The molecule has 0 heterocycles. The molecule has 0 aromatic rings. The maximum Gasteiger partial charge on any atom is 0.0701 e. The van der Waals surface area contributed by atoms with E-state index in [1.807, 2.05) is 7.05 Å². The number of nitrogens with one attached hydrogen (secondary N) is 1. The van der Waals surface area contributed by atoms with Crippen molar-refractivity contribution in [3.8, 4) is 0 Å². The number of ether oxygens (including phenoxy) is 4. The van der Waals surface area contributed by atoms with E-state index in [9.17, 15) is 0 Å². The monoisotopic (exact) mass is 263 g/mol. The molecule has 0 atom stereocenters. The molecular formula is C13H29NO4. The zero-order chi connectivity index (χ0) is 13.7. The predicted molar refractivity (Wildman–Crippen MR) is 72.0 cm³/mol. The molecule has 0 aliphatic rings. The predicted octanol–water partition coefficient (Wildman–Crippen LogP) is 0.928. The van der Waals surface area contributed by atoms with Crippen LogP contribution in [0.2, 0.25) is 0 Å². The SMILES string of the molecule is CNCC(C)(C)COCCOCCOCCOC. The van der Waals surface area contributed by atoms with Crippen molar-refractivity contribution in [2.45, 2.75) is 13.8 Å². The standard InChI is InChI=1S/C13H29NO4/c1-13(2,11-14-3)12-18-10-9-17-8-7-16-6-5-15-4/h14H,5-12H2,1-4H3. The van der Waals surface area contributed by atoms with Gasteiger partial charge in [0.1, 0.15) is 0 Å². The van der Waals surface area contributed by atoms with Crippen LogP contribution in [0.5, 0.6) is 0 Å². The maximum absolute atomic E-state index is 5.57. The summed E-state index contributed by atoms with van der Waals surface area (Å²) in [5, 5.41) is 3.16. The fourth-order valence-corrected chi connectivity index (χ4v) is 1.46. The van der Waals surface area contributed by atoms with Crippen molar-refractivity contribution in [1.82, 2.24) is 5.32 Å². The molecule has 5 heteroatoms. The molecular weight excluding hydrogens is 234 g/mol. The highest BCUT2D eigenvalue weighted by molar-refractivity contribution is 4.69. The van der Waals surface area contributed by atoms with Gasteiger partial charge in [-0.05, 0) is 7.05 Å². The van der Waals surface area contributed by atoms with Gasteiger partial charge in [-0.1, -0.05) is 13.8 Å². The average Bonchev–Trinajstić information content (AvgIpc) is 2.31. The molecule has 0 spiro atoms. The van der Waals surface area contributed by atoms with E-state index >= 15 is 0 Å². The van der Waals surface area contributed by atoms with Gasteiger partial charge in [0.15, 0.2) is 0 Å². The molecule has 0 fully saturated rings. The first-order chi connectivity index (χ1) is 8.62. The van der Waals surface area contributed by atoms with Crippen molar-refractivity contribution in [3.63, 3.8) is 0 Å². The van der Waals surface area contributed by atoms with Crippen LogP contribution in [0.25, 0.3) is 0 Å². The van der Waals surface area contributed by atoms with Gasteiger partial charge >= 0.3 is 0 Å². The van der Waals surface area contributed by atoms with Crippen molar-refractivity contribution >= 4 is 0 Å². The Morgan fingerprint density at radius 1 is 0.833 bits per heavy atom. The third-order valence-corrected chi connectivity index (χ3v) is 2.32. The van der Waals surface area contributed by atoms with Crippen molar-refractivity contribution in [3.05, 3.63) is 0 Å². The Bertz CT molecular complexity index is 176. The highest BCUT2D eigenvalue weighted by atomic mass is 16.6. The van der Waals surface area contributed by atoms with E-state index in [1.54, 1.807) is 7.11 Å². The third kappa shape index (κ3) is 12.3. The molecule has 0 aliphatic carbocycles. The molecule has 0 aromatic heterocycles. The number of hydrogen-bond donors (Lipinski definition) is 1. The van der Waals surface area contributed by atoms with Crippen LogP contribution in [0.15, 0.2) is 0 Å². The number of methoxy groups -OCH3 is 1. The summed E-state index contributed by atoms with van der Waals surface area (Å²) in [5.74, 6) is 0. The molecule has 0 bridgehead atoms. The van der Waals surface area contributed by atoms with Crippen LogP contribution in [0, 0.1) is 5.41 Å². The fourth-order valence-electron chi connectivity index (χ4n) is 1.46. The molecule has 0 saturated heterocycles. The molecule has 110 valence electrons. The molecule has 0 saturated carbocycles. The molecule has 5 nitrogen and oxygen atoms in total. The Morgan fingerprint density at radius 3 is 1.83 bits per heavy atom. The van der Waals surface area contributed by atoms with Gasteiger partial charge in [0.2, 0.25) is 0 Å². The van der Waals surface area contributed by atoms with Crippen LogP contribution in [0.4, 0.5) is 0 Å². The minimum Gasteiger partial charge on any atom is -0.382 e. The highest BCUT2D eigenvalue weighted by Crippen LogP contribution is 2.13. The van der Waals surface area contributed by atoms with Gasteiger partial charge in [0.05, 0.1) is 46.2 Å². The van der Waals surface area contributed by atoms with Crippen LogP contribution >= 0.6 is 0 Å². The normalized spacial score (nSPS) is 12.0. The summed E-state index contributed by atoms with van der Waals surface area (Å²) in [5.41, 5.74) is 0.165. The van der Waals surface area contributed by atoms with Crippen LogP contribution < -0.4 is 5.32 Å². The first-order valence-electron chi connectivity index (χ1n) is 6.49. The lowest BCUT2D eigenvalue weighted by Gasteiger charge is -2.23. The van der Waals surface area contributed by atoms with Crippen molar-refractivity contribution in [2.75, 3.05) is 67.0 Å². The molecule has 18 heavy (non-hydrogen) atoms. The third-order valence-electron chi connectivity index (χ3n) is 2.32. The van der Waals surface area contributed by atoms with E-state index in [4.69, 9.17) is 18.9 Å². The van der Waals surface area contributed by atoms with E-state index in [2.05, 4.69) is 19.2 Å². The lowest BCUT2D eigenvalue weighted by Crippen LogP contribution is -2.31. The van der Waals surface area contributed by atoms with Crippen LogP contribution in [0.1, 0.15) is 13.8 Å². The van der Waals surface area contributed by atoms with E-state index in [-0.39, 0.29) is 5.41 Å². The number of hydrogen-bond acceptors (Lipinski definition) is 5. The molecule has 0 rings (SSSR count). The quantitative estimate of drug-likeness (QED) is 0.501. The first kappa shape index (κ1) is 17.8. The summed E-state index contributed by atoms with van der Waals surface area (Å²) < 4.78 is 21.1. The summed E-state index contributed by atoms with van der Waals surface area (Å²) in [4.78, 5) is 0. The van der Waals surface area contributed by atoms with Crippen molar-refractivity contribution in [2.24, 2.45) is 5.41 Å². The van der Waals surface area contributed by atoms with Crippen LogP contribution in [-0.4, -0.2) is 67.0 Å². The number of rotatable bonds is 13. The maximum atomic E-state index is 5.57. The van der Waals surface area contributed by atoms with E-state index in [1.165, 1.54) is 0 Å². The van der Waals surface area contributed by atoms with Crippen molar-refractivity contribution in [1.29, 1.82) is 0 Å². The Labute approximate surface area is 111 Å². The Kier molecular flexibility index (Phi) is 11.7. The smallest absolute Gasteiger partial charge is 0.0701 e. The molecule has 0 aromatic carbocycles. The highest BCUT2D eigenvalue weighted by Gasteiger charge is 2.16. The average molecular weight is 263 g/mol. The summed E-state index contributed by atoms with van der Waals surface area (Å²) >= 11 is 0. The van der Waals surface area contributed by atoms with Crippen LogP contribution in [0.3, 0.4) is 0 Å². The van der Waals surface area contributed by atoms with Gasteiger partial charge in [0, 0.05) is 19.1 Å². The lowest BCUT2D eigenvalue weighted by molar-refractivity contribution is -0.00920. The van der Waals surface area contributed by atoms with Gasteiger partial charge in [-0.15, -0.1) is 0 Å². The van der Waals surface area contributed by atoms with Gasteiger partial charge in [-0.2, -0.15) is 0 Å². The second-order valence-corrected chi connectivity index (χ2v) is 4.96. The molecule has 1 N–H and O–H groups in total. The summed E-state index contributed by atoms with van der Waals surface area (Å²) in [7, 11) is 3.61. The lowest BCUT2D eigenvalue weighted by atomic mass is 9.95. The first-order valence-corrected chi connectivity index (χ1v) is 6.49. The van der Waals surface area contributed by atoms with Gasteiger partial charge < -0.3 is 24.3 Å². The Balaban J connectivity index is 3.16. The molecule has 0 unspecified atom stereocenters. The van der Waals surface area contributed by atoms with E-state index in [0.29, 0.717) is 39.6 Å². The summed E-state index contributed by atoms with van der Waals surface area (Å²) in [6.07, 6.45) is 0. The van der Waals surface area contributed by atoms with E-state index in [0.717, 1.165) is 13.2 Å². The van der Waals surface area contributed by atoms with Gasteiger partial charge in [0.25, 0.3) is 0 Å².